The minimum atomic E-state index is 0.0638. The average Bonchev–Trinajstić information content (AvgIpc) is 3.04. The standard InChI is InChI=1S/C17H25NO2/c1-2-16(14-6-4-3-5-7-14)18-10-8-15(9-11-18)17-19-12-13-20-17/h3-7,15-17H,2,8-13H2,1H3. The molecule has 3 heteroatoms. The maximum Gasteiger partial charge on any atom is 0.160 e. The molecule has 2 fully saturated rings. The van der Waals surface area contributed by atoms with Gasteiger partial charge in [0.25, 0.3) is 0 Å². The van der Waals surface area contributed by atoms with Crippen LogP contribution in [0.2, 0.25) is 0 Å². The fraction of sp³-hybridized carbons (Fsp3) is 0.647. The van der Waals surface area contributed by atoms with Crippen LogP contribution in [0, 0.1) is 5.92 Å². The topological polar surface area (TPSA) is 21.7 Å². The molecule has 1 aromatic carbocycles. The fourth-order valence-electron chi connectivity index (χ4n) is 3.53. The highest BCUT2D eigenvalue weighted by atomic mass is 16.7. The molecule has 3 rings (SSSR count). The van der Waals surface area contributed by atoms with Crippen molar-refractivity contribution in [3.05, 3.63) is 35.9 Å². The van der Waals surface area contributed by atoms with E-state index in [1.165, 1.54) is 24.8 Å². The lowest BCUT2D eigenvalue weighted by atomic mass is 9.93. The van der Waals surface area contributed by atoms with Gasteiger partial charge in [-0.15, -0.1) is 0 Å². The van der Waals surface area contributed by atoms with Gasteiger partial charge >= 0.3 is 0 Å². The zero-order chi connectivity index (χ0) is 13.8. The summed E-state index contributed by atoms with van der Waals surface area (Å²) in [5.74, 6) is 0.585. The summed E-state index contributed by atoms with van der Waals surface area (Å²) in [6.07, 6.45) is 3.61. The van der Waals surface area contributed by atoms with Crippen molar-refractivity contribution < 1.29 is 9.47 Å². The molecule has 0 saturated carbocycles. The highest BCUT2D eigenvalue weighted by molar-refractivity contribution is 5.19. The molecule has 2 aliphatic heterocycles. The number of rotatable bonds is 4. The second-order valence-corrected chi connectivity index (χ2v) is 5.82. The molecule has 1 unspecified atom stereocenters. The maximum atomic E-state index is 5.66. The Morgan fingerprint density at radius 1 is 1.10 bits per heavy atom. The Morgan fingerprint density at radius 2 is 1.75 bits per heavy atom. The van der Waals surface area contributed by atoms with E-state index >= 15 is 0 Å². The van der Waals surface area contributed by atoms with E-state index in [0.29, 0.717) is 12.0 Å². The van der Waals surface area contributed by atoms with Crippen molar-refractivity contribution in [1.82, 2.24) is 4.90 Å². The lowest BCUT2D eigenvalue weighted by molar-refractivity contribution is -0.0997. The van der Waals surface area contributed by atoms with Gasteiger partial charge in [0.15, 0.2) is 6.29 Å². The smallest absolute Gasteiger partial charge is 0.160 e. The van der Waals surface area contributed by atoms with E-state index < -0.39 is 0 Å². The Kier molecular flexibility index (Phi) is 4.71. The predicted molar refractivity (Wildman–Crippen MR) is 79.5 cm³/mol. The summed E-state index contributed by atoms with van der Waals surface area (Å²) < 4.78 is 11.3. The summed E-state index contributed by atoms with van der Waals surface area (Å²) in [7, 11) is 0. The Labute approximate surface area is 121 Å². The summed E-state index contributed by atoms with van der Waals surface area (Å²) in [5, 5.41) is 0. The number of piperidine rings is 1. The van der Waals surface area contributed by atoms with Crippen LogP contribution in [0.5, 0.6) is 0 Å². The minimum Gasteiger partial charge on any atom is -0.350 e. The molecular weight excluding hydrogens is 250 g/mol. The largest absolute Gasteiger partial charge is 0.350 e. The molecule has 1 atom stereocenters. The Bertz CT molecular complexity index is 395. The maximum absolute atomic E-state index is 5.66. The van der Waals surface area contributed by atoms with E-state index in [0.717, 1.165) is 26.3 Å². The van der Waals surface area contributed by atoms with Crippen molar-refractivity contribution in [2.24, 2.45) is 5.92 Å². The molecular formula is C17H25NO2. The fourth-order valence-corrected chi connectivity index (χ4v) is 3.53. The molecule has 0 amide bonds. The van der Waals surface area contributed by atoms with Gasteiger partial charge in [0.05, 0.1) is 13.2 Å². The van der Waals surface area contributed by atoms with E-state index in [9.17, 15) is 0 Å². The summed E-state index contributed by atoms with van der Waals surface area (Å²) in [4.78, 5) is 2.63. The number of ether oxygens (including phenoxy) is 2. The van der Waals surface area contributed by atoms with E-state index in [-0.39, 0.29) is 6.29 Å². The molecule has 0 aliphatic carbocycles. The highest BCUT2D eigenvalue weighted by Crippen LogP contribution is 2.32. The third-order valence-corrected chi connectivity index (χ3v) is 4.62. The van der Waals surface area contributed by atoms with Crippen molar-refractivity contribution in [3.8, 4) is 0 Å². The minimum absolute atomic E-state index is 0.0638. The summed E-state index contributed by atoms with van der Waals surface area (Å²) in [6.45, 7) is 6.13. The molecule has 0 spiro atoms. The van der Waals surface area contributed by atoms with Crippen LogP contribution < -0.4 is 0 Å². The SMILES string of the molecule is CCC(c1ccccc1)N1CCC(C2OCCO2)CC1. The monoisotopic (exact) mass is 275 g/mol. The Balaban J connectivity index is 1.59. The molecule has 20 heavy (non-hydrogen) atoms. The van der Waals surface area contributed by atoms with Crippen LogP contribution in [0.4, 0.5) is 0 Å². The quantitative estimate of drug-likeness (QED) is 0.842. The molecule has 0 radical (unpaired) electrons. The molecule has 0 aromatic heterocycles. The van der Waals surface area contributed by atoms with E-state index in [4.69, 9.17) is 9.47 Å². The highest BCUT2D eigenvalue weighted by Gasteiger charge is 2.32. The zero-order valence-corrected chi connectivity index (χ0v) is 12.3. The van der Waals surface area contributed by atoms with Gasteiger partial charge in [-0.05, 0) is 37.9 Å². The third kappa shape index (κ3) is 3.05. The first-order valence-corrected chi connectivity index (χ1v) is 7.90. The van der Waals surface area contributed by atoms with Gasteiger partial charge in [-0.25, -0.2) is 0 Å². The molecule has 3 nitrogen and oxygen atoms in total. The Morgan fingerprint density at radius 3 is 2.35 bits per heavy atom. The van der Waals surface area contributed by atoms with Crippen molar-refractivity contribution in [3.63, 3.8) is 0 Å². The summed E-state index contributed by atoms with van der Waals surface area (Å²) >= 11 is 0. The number of likely N-dealkylation sites (tertiary alicyclic amines) is 1. The molecule has 1 aromatic rings. The molecule has 110 valence electrons. The second kappa shape index (κ2) is 6.70. The van der Waals surface area contributed by atoms with Crippen molar-refractivity contribution in [2.75, 3.05) is 26.3 Å². The number of hydrogen-bond donors (Lipinski definition) is 0. The number of nitrogens with zero attached hydrogens (tertiary/aromatic N) is 1. The van der Waals surface area contributed by atoms with Crippen LogP contribution in [0.25, 0.3) is 0 Å². The molecule has 2 heterocycles. The van der Waals surface area contributed by atoms with Crippen LogP contribution in [0.15, 0.2) is 30.3 Å². The van der Waals surface area contributed by atoms with Gasteiger partial charge in [-0.3, -0.25) is 4.90 Å². The van der Waals surface area contributed by atoms with E-state index in [1.54, 1.807) is 0 Å². The average molecular weight is 275 g/mol. The first-order chi connectivity index (χ1) is 9.88. The zero-order valence-electron chi connectivity index (χ0n) is 12.3. The first-order valence-electron chi connectivity index (χ1n) is 7.90. The number of benzene rings is 1. The van der Waals surface area contributed by atoms with E-state index in [2.05, 4.69) is 42.2 Å². The molecule has 0 bridgehead atoms. The van der Waals surface area contributed by atoms with Crippen molar-refractivity contribution >= 4 is 0 Å². The molecule has 2 saturated heterocycles. The van der Waals surface area contributed by atoms with Crippen LogP contribution in [0.3, 0.4) is 0 Å². The van der Waals surface area contributed by atoms with Crippen LogP contribution in [0.1, 0.15) is 37.8 Å². The van der Waals surface area contributed by atoms with Gasteiger partial charge in [-0.2, -0.15) is 0 Å². The van der Waals surface area contributed by atoms with Gasteiger partial charge in [0, 0.05) is 12.0 Å². The van der Waals surface area contributed by atoms with Gasteiger partial charge in [0.2, 0.25) is 0 Å². The lowest BCUT2D eigenvalue weighted by Crippen LogP contribution is -2.40. The predicted octanol–water partition coefficient (Wildman–Crippen LogP) is 3.22. The van der Waals surface area contributed by atoms with Gasteiger partial charge in [-0.1, -0.05) is 37.3 Å². The van der Waals surface area contributed by atoms with Crippen molar-refractivity contribution in [2.45, 2.75) is 38.5 Å². The van der Waals surface area contributed by atoms with Crippen LogP contribution in [-0.2, 0) is 9.47 Å². The molecule has 2 aliphatic rings. The molecule has 0 N–H and O–H groups in total. The van der Waals surface area contributed by atoms with Crippen LogP contribution >= 0.6 is 0 Å². The van der Waals surface area contributed by atoms with E-state index in [1.807, 2.05) is 0 Å². The summed E-state index contributed by atoms with van der Waals surface area (Å²) in [6, 6.07) is 11.4. The van der Waals surface area contributed by atoms with Gasteiger partial charge in [0.1, 0.15) is 0 Å². The first kappa shape index (κ1) is 14.1. The normalized spacial score (nSPS) is 24.1. The Hall–Kier alpha value is -0.900. The third-order valence-electron chi connectivity index (χ3n) is 4.62. The number of hydrogen-bond acceptors (Lipinski definition) is 3. The summed E-state index contributed by atoms with van der Waals surface area (Å²) in [5.41, 5.74) is 1.45. The van der Waals surface area contributed by atoms with Crippen molar-refractivity contribution in [1.29, 1.82) is 0 Å². The van der Waals surface area contributed by atoms with Crippen LogP contribution in [-0.4, -0.2) is 37.5 Å². The van der Waals surface area contributed by atoms with Gasteiger partial charge < -0.3 is 9.47 Å². The second-order valence-electron chi connectivity index (χ2n) is 5.82. The lowest BCUT2D eigenvalue weighted by Gasteiger charge is -2.38.